The molecule has 0 saturated heterocycles. The summed E-state index contributed by atoms with van der Waals surface area (Å²) in [5.74, 6) is 0.458. The molecule has 1 rings (SSSR count). The first-order valence-corrected chi connectivity index (χ1v) is 4.18. The molecule has 2 nitrogen and oxygen atoms in total. The maximum absolute atomic E-state index is 8.68. The van der Waals surface area contributed by atoms with E-state index in [4.69, 9.17) is 5.21 Å². The third-order valence-electron chi connectivity index (χ3n) is 2.42. The van der Waals surface area contributed by atoms with Crippen molar-refractivity contribution in [1.82, 2.24) is 0 Å². The predicted molar refractivity (Wildman–Crippen MR) is 50.5 cm³/mol. The molecule has 1 atom stereocenters. The topological polar surface area (TPSA) is 32.6 Å². The third-order valence-corrected chi connectivity index (χ3v) is 2.42. The Morgan fingerprint density at radius 3 is 2.92 bits per heavy atom. The zero-order valence-electron chi connectivity index (χ0n) is 7.67. The van der Waals surface area contributed by atoms with Gasteiger partial charge in [-0.05, 0) is 31.8 Å². The highest BCUT2D eigenvalue weighted by atomic mass is 16.4. The van der Waals surface area contributed by atoms with Gasteiger partial charge >= 0.3 is 0 Å². The molecule has 0 aromatic rings. The highest BCUT2D eigenvalue weighted by Gasteiger charge is 2.18. The van der Waals surface area contributed by atoms with Crippen molar-refractivity contribution in [1.29, 1.82) is 0 Å². The second kappa shape index (κ2) is 3.57. The Morgan fingerprint density at radius 2 is 2.42 bits per heavy atom. The molecule has 1 N–H and O–H groups in total. The number of rotatable bonds is 1. The van der Waals surface area contributed by atoms with Crippen molar-refractivity contribution in [3.63, 3.8) is 0 Å². The minimum Gasteiger partial charge on any atom is -0.411 e. The molecule has 0 spiro atoms. The average Bonchev–Trinajstić information content (AvgIpc) is 2.05. The van der Waals surface area contributed by atoms with Crippen LogP contribution in [0, 0.1) is 5.92 Å². The summed E-state index contributed by atoms with van der Waals surface area (Å²) in [7, 11) is 0. The van der Waals surface area contributed by atoms with E-state index >= 15 is 0 Å². The maximum atomic E-state index is 8.68. The zero-order valence-corrected chi connectivity index (χ0v) is 7.67. The van der Waals surface area contributed by atoms with Crippen molar-refractivity contribution in [2.75, 3.05) is 0 Å². The predicted octanol–water partition coefficient (Wildman–Crippen LogP) is 2.75. The molecular formula is C10H15NO. The van der Waals surface area contributed by atoms with Crippen LogP contribution in [0.1, 0.15) is 26.7 Å². The van der Waals surface area contributed by atoms with Crippen LogP contribution < -0.4 is 0 Å². The van der Waals surface area contributed by atoms with Gasteiger partial charge in [0.25, 0.3) is 0 Å². The first-order chi connectivity index (χ1) is 5.65. The second-order valence-electron chi connectivity index (χ2n) is 3.42. The van der Waals surface area contributed by atoms with Gasteiger partial charge in [0.1, 0.15) is 0 Å². The van der Waals surface area contributed by atoms with Crippen LogP contribution in [-0.2, 0) is 0 Å². The van der Waals surface area contributed by atoms with Gasteiger partial charge in [0.05, 0.1) is 5.71 Å². The fraction of sp³-hybridized carbons (Fsp3) is 0.500. The first-order valence-electron chi connectivity index (χ1n) is 4.18. The molecule has 1 aliphatic carbocycles. The Kier molecular flexibility index (Phi) is 2.69. The molecule has 0 aromatic carbocycles. The maximum Gasteiger partial charge on any atom is 0.0827 e. The molecule has 0 bridgehead atoms. The van der Waals surface area contributed by atoms with E-state index in [0.717, 1.165) is 24.1 Å². The Bertz CT molecular complexity index is 251. The lowest BCUT2D eigenvalue weighted by atomic mass is 9.85. The van der Waals surface area contributed by atoms with Gasteiger partial charge in [-0.15, -0.1) is 0 Å². The van der Waals surface area contributed by atoms with E-state index in [0.29, 0.717) is 5.92 Å². The Balaban J connectivity index is 2.78. The quantitative estimate of drug-likeness (QED) is 0.361. The van der Waals surface area contributed by atoms with Crippen LogP contribution >= 0.6 is 0 Å². The molecule has 0 aliphatic heterocycles. The van der Waals surface area contributed by atoms with Crippen LogP contribution in [0.5, 0.6) is 0 Å². The van der Waals surface area contributed by atoms with Crippen molar-refractivity contribution < 1.29 is 5.21 Å². The molecule has 0 aromatic heterocycles. The minimum absolute atomic E-state index is 0.458. The molecule has 66 valence electrons. The number of oxime groups is 1. The average molecular weight is 165 g/mol. The molecule has 0 radical (unpaired) electrons. The first kappa shape index (κ1) is 9.04. The normalized spacial score (nSPS) is 27.0. The van der Waals surface area contributed by atoms with E-state index in [2.05, 4.69) is 17.8 Å². The van der Waals surface area contributed by atoms with E-state index in [1.807, 2.05) is 13.8 Å². The second-order valence-corrected chi connectivity index (χ2v) is 3.42. The van der Waals surface area contributed by atoms with Crippen LogP contribution in [0.2, 0.25) is 0 Å². The van der Waals surface area contributed by atoms with Crippen LogP contribution in [0.3, 0.4) is 0 Å². The third kappa shape index (κ3) is 1.76. The summed E-state index contributed by atoms with van der Waals surface area (Å²) in [5, 5.41) is 11.9. The number of nitrogens with zero attached hydrogens (tertiary/aromatic N) is 1. The van der Waals surface area contributed by atoms with Crippen LogP contribution in [0.15, 0.2) is 29.0 Å². The Hall–Kier alpha value is -1.05. The monoisotopic (exact) mass is 165 g/mol. The lowest BCUT2D eigenvalue weighted by Gasteiger charge is -2.21. The fourth-order valence-corrected chi connectivity index (χ4v) is 1.41. The van der Waals surface area contributed by atoms with Crippen molar-refractivity contribution in [2.24, 2.45) is 11.1 Å². The molecule has 1 aliphatic rings. The van der Waals surface area contributed by atoms with Crippen molar-refractivity contribution in [2.45, 2.75) is 26.7 Å². The number of hydrogen-bond donors (Lipinski definition) is 1. The lowest BCUT2D eigenvalue weighted by molar-refractivity contribution is 0.316. The summed E-state index contributed by atoms with van der Waals surface area (Å²) in [5.41, 5.74) is 3.06. The minimum atomic E-state index is 0.458. The summed E-state index contributed by atoms with van der Waals surface area (Å²) < 4.78 is 0. The summed E-state index contributed by atoms with van der Waals surface area (Å²) >= 11 is 0. The summed E-state index contributed by atoms with van der Waals surface area (Å²) in [6.45, 7) is 7.90. The van der Waals surface area contributed by atoms with E-state index in [9.17, 15) is 0 Å². The van der Waals surface area contributed by atoms with E-state index in [1.165, 1.54) is 5.57 Å². The van der Waals surface area contributed by atoms with Gasteiger partial charge in [-0.3, -0.25) is 0 Å². The number of hydrogen-bond acceptors (Lipinski definition) is 2. The smallest absolute Gasteiger partial charge is 0.0827 e. The van der Waals surface area contributed by atoms with E-state index < -0.39 is 0 Å². The SMILES string of the molecule is C=C(C)[C@@H]1CC=C(C)/C(=N/O)C1. The van der Waals surface area contributed by atoms with Crippen molar-refractivity contribution in [3.05, 3.63) is 23.8 Å². The van der Waals surface area contributed by atoms with Gasteiger partial charge in [0.15, 0.2) is 0 Å². The molecule has 0 saturated carbocycles. The van der Waals surface area contributed by atoms with Crippen LogP contribution in [-0.4, -0.2) is 10.9 Å². The molecule has 0 fully saturated rings. The Morgan fingerprint density at radius 1 is 1.75 bits per heavy atom. The molecule has 0 heterocycles. The molecule has 12 heavy (non-hydrogen) atoms. The summed E-state index contributed by atoms with van der Waals surface area (Å²) in [6.07, 6.45) is 3.96. The highest BCUT2D eigenvalue weighted by molar-refractivity contribution is 6.00. The fourth-order valence-electron chi connectivity index (χ4n) is 1.41. The van der Waals surface area contributed by atoms with Crippen molar-refractivity contribution >= 4 is 5.71 Å². The highest BCUT2D eigenvalue weighted by Crippen LogP contribution is 2.26. The van der Waals surface area contributed by atoms with Crippen LogP contribution in [0.4, 0.5) is 0 Å². The molecular weight excluding hydrogens is 150 g/mol. The number of allylic oxidation sites excluding steroid dienone is 3. The van der Waals surface area contributed by atoms with Crippen LogP contribution in [0.25, 0.3) is 0 Å². The van der Waals surface area contributed by atoms with Gasteiger partial charge in [0, 0.05) is 6.42 Å². The standard InChI is InChI=1S/C10H15NO/c1-7(2)9-5-4-8(3)10(6-9)11-12/h4,9,12H,1,5-6H2,2-3H3/b11-10+/t9-/m1/s1. The summed E-state index contributed by atoms with van der Waals surface area (Å²) in [6, 6.07) is 0. The van der Waals surface area contributed by atoms with Gasteiger partial charge in [-0.2, -0.15) is 0 Å². The van der Waals surface area contributed by atoms with Gasteiger partial charge in [-0.25, -0.2) is 0 Å². The van der Waals surface area contributed by atoms with Gasteiger partial charge < -0.3 is 5.21 Å². The summed E-state index contributed by atoms with van der Waals surface area (Å²) in [4.78, 5) is 0. The Labute approximate surface area is 73.3 Å². The molecule has 0 amide bonds. The molecule has 0 unspecified atom stereocenters. The van der Waals surface area contributed by atoms with E-state index in [1.54, 1.807) is 0 Å². The van der Waals surface area contributed by atoms with Gasteiger partial charge in [0.2, 0.25) is 0 Å². The van der Waals surface area contributed by atoms with Gasteiger partial charge in [-0.1, -0.05) is 23.4 Å². The van der Waals surface area contributed by atoms with E-state index in [-0.39, 0.29) is 0 Å². The zero-order chi connectivity index (χ0) is 9.14. The van der Waals surface area contributed by atoms with Crippen molar-refractivity contribution in [3.8, 4) is 0 Å². The lowest BCUT2D eigenvalue weighted by Crippen LogP contribution is -2.15. The molecule has 2 heteroatoms. The largest absolute Gasteiger partial charge is 0.411 e.